The van der Waals surface area contributed by atoms with Crippen molar-refractivity contribution >= 4 is 0 Å². The molecule has 0 spiro atoms. The number of hydrogen-bond donors (Lipinski definition) is 0. The van der Waals surface area contributed by atoms with E-state index in [-0.39, 0.29) is 0 Å². The largest absolute Gasteiger partial charge is 0.492 e. The Balaban J connectivity index is 0.000000671. The minimum atomic E-state index is 0.769. The second-order valence-corrected chi connectivity index (χ2v) is 2.55. The first-order valence-corrected chi connectivity index (χ1v) is 4.87. The van der Waals surface area contributed by atoms with Crippen molar-refractivity contribution in [2.75, 3.05) is 6.61 Å². The highest BCUT2D eigenvalue weighted by Crippen LogP contribution is 2.09. The highest BCUT2D eigenvalue weighted by molar-refractivity contribution is 5.22. The van der Waals surface area contributed by atoms with Crippen LogP contribution in [0.25, 0.3) is 0 Å². The van der Waals surface area contributed by atoms with E-state index >= 15 is 0 Å². The Morgan fingerprint density at radius 2 is 2.00 bits per heavy atom. The van der Waals surface area contributed by atoms with Crippen LogP contribution in [0.5, 0.6) is 5.75 Å². The zero-order valence-electron chi connectivity index (χ0n) is 9.00. The van der Waals surface area contributed by atoms with Gasteiger partial charge in [-0.15, -0.1) is 0 Å². The van der Waals surface area contributed by atoms with E-state index in [0.717, 1.165) is 24.3 Å². The molecule has 0 aromatic carbocycles. The van der Waals surface area contributed by atoms with Gasteiger partial charge in [0, 0.05) is 6.20 Å². The van der Waals surface area contributed by atoms with Crippen LogP contribution in [0.2, 0.25) is 0 Å². The van der Waals surface area contributed by atoms with E-state index in [1.54, 1.807) is 6.20 Å². The van der Waals surface area contributed by atoms with Gasteiger partial charge in [0.25, 0.3) is 0 Å². The first kappa shape index (κ1) is 11.9. The maximum Gasteiger partial charge on any atom is 0.137 e. The summed E-state index contributed by atoms with van der Waals surface area (Å²) in [5, 5.41) is 0. The minimum Gasteiger partial charge on any atom is -0.492 e. The molecule has 74 valence electrons. The van der Waals surface area contributed by atoms with Crippen LogP contribution in [0.15, 0.2) is 18.5 Å². The highest BCUT2D eigenvalue weighted by atomic mass is 16.5. The smallest absolute Gasteiger partial charge is 0.137 e. The lowest BCUT2D eigenvalue weighted by molar-refractivity contribution is 0.316. The van der Waals surface area contributed by atoms with Crippen molar-refractivity contribution in [3.63, 3.8) is 0 Å². The van der Waals surface area contributed by atoms with Crippen molar-refractivity contribution in [1.82, 2.24) is 4.98 Å². The molecular formula is C11H19NO. The van der Waals surface area contributed by atoms with Gasteiger partial charge in [0.05, 0.1) is 12.8 Å². The van der Waals surface area contributed by atoms with E-state index in [0.29, 0.717) is 0 Å². The number of aryl methyl sites for hydroxylation is 1. The molecule has 1 rings (SSSR count). The Labute approximate surface area is 81.0 Å². The zero-order valence-corrected chi connectivity index (χ0v) is 9.00. The van der Waals surface area contributed by atoms with Gasteiger partial charge < -0.3 is 4.74 Å². The van der Waals surface area contributed by atoms with Crippen molar-refractivity contribution in [3.8, 4) is 5.75 Å². The van der Waals surface area contributed by atoms with Crippen molar-refractivity contribution in [2.24, 2.45) is 0 Å². The lowest BCUT2D eigenvalue weighted by atomic mass is 10.3. The van der Waals surface area contributed by atoms with E-state index in [1.165, 1.54) is 0 Å². The molecule has 0 saturated carbocycles. The maximum absolute atomic E-state index is 5.37. The molecule has 0 radical (unpaired) electrons. The van der Waals surface area contributed by atoms with Gasteiger partial charge in [-0.1, -0.05) is 20.8 Å². The lowest BCUT2D eigenvalue weighted by Crippen LogP contribution is -1.95. The number of hydrogen-bond acceptors (Lipinski definition) is 2. The summed E-state index contributed by atoms with van der Waals surface area (Å²) < 4.78 is 5.37. The fourth-order valence-corrected chi connectivity index (χ4v) is 0.826. The van der Waals surface area contributed by atoms with Crippen LogP contribution in [0.1, 0.15) is 32.8 Å². The molecule has 0 atom stereocenters. The second kappa shape index (κ2) is 7.59. The van der Waals surface area contributed by atoms with Gasteiger partial charge in [0.15, 0.2) is 0 Å². The van der Waals surface area contributed by atoms with Crippen molar-refractivity contribution < 1.29 is 4.74 Å². The molecule has 0 bridgehead atoms. The van der Waals surface area contributed by atoms with Crippen LogP contribution < -0.4 is 4.74 Å². The summed E-state index contributed by atoms with van der Waals surface area (Å²) in [6.07, 6.45) is 4.59. The monoisotopic (exact) mass is 181 g/mol. The second-order valence-electron chi connectivity index (χ2n) is 2.55. The van der Waals surface area contributed by atoms with Crippen LogP contribution in [-0.4, -0.2) is 11.6 Å². The van der Waals surface area contributed by atoms with Gasteiger partial charge >= 0.3 is 0 Å². The Bertz CT molecular complexity index is 223. The van der Waals surface area contributed by atoms with Gasteiger partial charge in [-0.2, -0.15) is 0 Å². The van der Waals surface area contributed by atoms with E-state index < -0.39 is 0 Å². The summed E-state index contributed by atoms with van der Waals surface area (Å²) in [5.74, 6) is 0.867. The maximum atomic E-state index is 5.37. The molecule has 0 N–H and O–H groups in total. The normalized spacial score (nSPS) is 8.62. The predicted molar refractivity (Wildman–Crippen MR) is 56.1 cm³/mol. The summed E-state index contributed by atoms with van der Waals surface area (Å²) in [4.78, 5) is 4.01. The molecular weight excluding hydrogens is 162 g/mol. The molecule has 2 nitrogen and oxygen atoms in total. The summed E-state index contributed by atoms with van der Waals surface area (Å²) in [7, 11) is 0. The molecule has 13 heavy (non-hydrogen) atoms. The molecule has 2 heteroatoms. The van der Waals surface area contributed by atoms with E-state index in [1.807, 2.05) is 33.0 Å². The first-order chi connectivity index (χ1) is 6.33. The van der Waals surface area contributed by atoms with E-state index in [4.69, 9.17) is 4.74 Å². The Morgan fingerprint density at radius 3 is 2.54 bits per heavy atom. The minimum absolute atomic E-state index is 0.769. The molecule has 0 aliphatic rings. The summed E-state index contributed by atoms with van der Waals surface area (Å²) in [5.41, 5.74) is 1.14. The molecule has 0 fully saturated rings. The zero-order chi connectivity index (χ0) is 10.1. The number of nitrogens with zero attached hydrogens (tertiary/aromatic N) is 1. The first-order valence-electron chi connectivity index (χ1n) is 4.87. The summed E-state index contributed by atoms with van der Waals surface area (Å²) in [6, 6.07) is 1.99. The summed E-state index contributed by atoms with van der Waals surface area (Å²) in [6.45, 7) is 8.86. The standard InChI is InChI=1S/C9H13NO.C2H6/c1-3-4-11-9-5-8(2)6-10-7-9;1-2/h5-7H,3-4H2,1-2H3;1-2H3. The Morgan fingerprint density at radius 1 is 1.31 bits per heavy atom. The van der Waals surface area contributed by atoms with Gasteiger partial charge in [-0.3, -0.25) is 4.98 Å². The van der Waals surface area contributed by atoms with E-state index in [9.17, 15) is 0 Å². The molecule has 0 saturated heterocycles. The lowest BCUT2D eigenvalue weighted by Gasteiger charge is -2.03. The third-order valence-corrected chi connectivity index (χ3v) is 1.32. The fourth-order valence-electron chi connectivity index (χ4n) is 0.826. The van der Waals surface area contributed by atoms with Gasteiger partial charge in [0.2, 0.25) is 0 Å². The molecule has 1 aromatic rings. The quantitative estimate of drug-likeness (QED) is 0.714. The molecule has 0 aliphatic carbocycles. The van der Waals surface area contributed by atoms with Crippen LogP contribution in [0, 0.1) is 6.92 Å². The van der Waals surface area contributed by atoms with Crippen molar-refractivity contribution in [2.45, 2.75) is 34.1 Å². The average Bonchev–Trinajstić information content (AvgIpc) is 2.18. The van der Waals surface area contributed by atoms with Crippen molar-refractivity contribution in [3.05, 3.63) is 24.0 Å². The van der Waals surface area contributed by atoms with E-state index in [2.05, 4.69) is 11.9 Å². The van der Waals surface area contributed by atoms with Crippen LogP contribution in [0.3, 0.4) is 0 Å². The third kappa shape index (κ3) is 5.23. The fraction of sp³-hybridized carbons (Fsp3) is 0.545. The average molecular weight is 181 g/mol. The summed E-state index contributed by atoms with van der Waals surface area (Å²) >= 11 is 0. The topological polar surface area (TPSA) is 22.1 Å². The number of pyridine rings is 1. The van der Waals surface area contributed by atoms with Crippen LogP contribution in [-0.2, 0) is 0 Å². The van der Waals surface area contributed by atoms with Gasteiger partial charge in [0.1, 0.15) is 5.75 Å². The van der Waals surface area contributed by atoms with Crippen LogP contribution in [0.4, 0.5) is 0 Å². The Kier molecular flexibility index (Phi) is 6.98. The number of aromatic nitrogens is 1. The molecule has 1 aromatic heterocycles. The number of rotatable bonds is 3. The number of ether oxygens (including phenoxy) is 1. The molecule has 0 unspecified atom stereocenters. The third-order valence-electron chi connectivity index (χ3n) is 1.32. The highest BCUT2D eigenvalue weighted by Gasteiger charge is 1.91. The molecule has 0 amide bonds. The predicted octanol–water partition coefficient (Wildman–Crippen LogP) is 3.21. The molecule has 1 heterocycles. The Hall–Kier alpha value is -1.05. The van der Waals surface area contributed by atoms with Gasteiger partial charge in [-0.05, 0) is 25.0 Å². The SMILES string of the molecule is CC.CCCOc1cncc(C)c1. The van der Waals surface area contributed by atoms with Crippen molar-refractivity contribution in [1.29, 1.82) is 0 Å². The van der Waals surface area contributed by atoms with Crippen LogP contribution >= 0.6 is 0 Å². The van der Waals surface area contributed by atoms with Gasteiger partial charge in [-0.25, -0.2) is 0 Å². The molecule has 0 aliphatic heterocycles.